The highest BCUT2D eigenvalue weighted by atomic mass is 32.2. The van der Waals surface area contributed by atoms with Gasteiger partial charge in [0.25, 0.3) is 5.91 Å². The van der Waals surface area contributed by atoms with E-state index in [1.165, 1.54) is 4.90 Å². The molecule has 3 amide bonds. The van der Waals surface area contributed by atoms with Crippen molar-refractivity contribution in [3.8, 4) is 5.75 Å². The molecule has 2 aliphatic rings. The van der Waals surface area contributed by atoms with E-state index >= 15 is 4.39 Å². The molecular formula is C21H29FN4O8S. The Balaban J connectivity index is 2.00. The summed E-state index contributed by atoms with van der Waals surface area (Å²) in [5.74, 6) is -2.90. The number of aromatic hydroxyl groups is 1. The number of amides is 3. The van der Waals surface area contributed by atoms with Gasteiger partial charge in [-0.2, -0.15) is 8.42 Å². The van der Waals surface area contributed by atoms with Crippen molar-refractivity contribution in [1.29, 1.82) is 0 Å². The molecule has 0 unspecified atom stereocenters. The minimum Gasteiger partial charge on any atom is -0.506 e. The first-order chi connectivity index (χ1) is 16.0. The van der Waals surface area contributed by atoms with Crippen LogP contribution in [0.1, 0.15) is 40.2 Å². The van der Waals surface area contributed by atoms with Gasteiger partial charge < -0.3 is 19.8 Å². The second-order valence-electron chi connectivity index (χ2n) is 9.88. The van der Waals surface area contributed by atoms with E-state index in [-0.39, 0.29) is 36.7 Å². The van der Waals surface area contributed by atoms with Crippen LogP contribution >= 0.6 is 0 Å². The number of hydrogen-bond donors (Lipinski definition) is 3. The largest absolute Gasteiger partial charge is 0.506 e. The van der Waals surface area contributed by atoms with Crippen LogP contribution in [0.3, 0.4) is 0 Å². The summed E-state index contributed by atoms with van der Waals surface area (Å²) in [4.78, 5) is 38.7. The Morgan fingerprint density at radius 3 is 2.46 bits per heavy atom. The number of carboxylic acid groups (broad SMARTS) is 1. The summed E-state index contributed by atoms with van der Waals surface area (Å²) >= 11 is 0. The van der Waals surface area contributed by atoms with Crippen LogP contribution < -0.4 is 13.9 Å². The molecule has 35 heavy (non-hydrogen) atoms. The van der Waals surface area contributed by atoms with Gasteiger partial charge in [-0.15, -0.1) is 0 Å². The number of carbonyl (C=O) groups is 3. The van der Waals surface area contributed by atoms with E-state index in [9.17, 15) is 33.0 Å². The summed E-state index contributed by atoms with van der Waals surface area (Å²) in [6, 6.07) is 0.00772. The first-order valence-corrected chi connectivity index (χ1v) is 12.3. The van der Waals surface area contributed by atoms with Crippen LogP contribution in [-0.4, -0.2) is 72.9 Å². The number of rotatable bonds is 5. The maximum Gasteiger partial charge on any atom is 0.412 e. The van der Waals surface area contributed by atoms with Crippen LogP contribution in [-0.2, 0) is 26.2 Å². The van der Waals surface area contributed by atoms with Gasteiger partial charge in [-0.1, -0.05) is 13.8 Å². The van der Waals surface area contributed by atoms with E-state index in [1.807, 2.05) is 13.8 Å². The summed E-state index contributed by atoms with van der Waals surface area (Å²) in [5.41, 5.74) is -1.88. The first kappa shape index (κ1) is 26.3. The predicted octanol–water partition coefficient (Wildman–Crippen LogP) is 2.01. The highest BCUT2D eigenvalue weighted by Gasteiger charge is 2.43. The number of nitrogens with zero attached hydrogens (tertiary/aromatic N) is 3. The van der Waals surface area contributed by atoms with Gasteiger partial charge in [0.05, 0.1) is 11.7 Å². The van der Waals surface area contributed by atoms with E-state index < -0.39 is 63.7 Å². The number of anilines is 2. The summed E-state index contributed by atoms with van der Waals surface area (Å²) < 4.78 is 47.5. The second kappa shape index (κ2) is 9.06. The Morgan fingerprint density at radius 1 is 1.34 bits per heavy atom. The van der Waals surface area contributed by atoms with Gasteiger partial charge in [-0.3, -0.25) is 9.69 Å². The van der Waals surface area contributed by atoms with Crippen molar-refractivity contribution >= 4 is 39.7 Å². The average molecular weight is 517 g/mol. The van der Waals surface area contributed by atoms with Crippen LogP contribution in [0.2, 0.25) is 0 Å². The van der Waals surface area contributed by atoms with Crippen molar-refractivity contribution in [3.05, 3.63) is 17.4 Å². The molecule has 1 fully saturated rings. The Bertz CT molecular complexity index is 1160. The lowest BCUT2D eigenvalue weighted by molar-refractivity contribution is -0.117. The normalized spacial score (nSPS) is 19.1. The predicted molar refractivity (Wildman–Crippen MR) is 123 cm³/mol. The van der Waals surface area contributed by atoms with Crippen LogP contribution in [0, 0.1) is 11.7 Å². The summed E-state index contributed by atoms with van der Waals surface area (Å²) in [6.07, 6.45) is -2.31. The van der Waals surface area contributed by atoms with Crippen molar-refractivity contribution < 1.29 is 42.1 Å². The topological polar surface area (TPSA) is 157 Å². The maximum atomic E-state index is 15.6. The molecule has 1 saturated heterocycles. The Morgan fingerprint density at radius 2 is 1.97 bits per heavy atom. The van der Waals surface area contributed by atoms with Crippen LogP contribution in [0.15, 0.2) is 6.07 Å². The van der Waals surface area contributed by atoms with Crippen molar-refractivity contribution in [1.82, 2.24) is 9.62 Å². The molecule has 3 N–H and O–H groups in total. The number of phenolic OH excluding ortho intramolecular Hbond substituents is 1. The minimum atomic E-state index is -4.42. The molecule has 194 valence electrons. The molecule has 1 aromatic carbocycles. The van der Waals surface area contributed by atoms with Crippen LogP contribution in [0.25, 0.3) is 0 Å². The maximum absolute atomic E-state index is 15.6. The molecule has 2 aliphatic heterocycles. The van der Waals surface area contributed by atoms with Gasteiger partial charge in [0.2, 0.25) is 0 Å². The molecule has 0 aromatic heterocycles. The van der Waals surface area contributed by atoms with Gasteiger partial charge in [0.1, 0.15) is 23.6 Å². The quantitative estimate of drug-likeness (QED) is 0.536. The van der Waals surface area contributed by atoms with Crippen molar-refractivity contribution in [2.75, 3.05) is 28.8 Å². The average Bonchev–Trinajstić information content (AvgIpc) is 3.15. The van der Waals surface area contributed by atoms with Gasteiger partial charge >= 0.3 is 22.4 Å². The van der Waals surface area contributed by atoms with E-state index in [0.717, 1.165) is 11.0 Å². The molecule has 0 saturated carbocycles. The molecule has 2 heterocycles. The third kappa shape index (κ3) is 5.36. The highest BCUT2D eigenvalue weighted by Crippen LogP contribution is 2.44. The highest BCUT2D eigenvalue weighted by molar-refractivity contribution is 7.92. The van der Waals surface area contributed by atoms with Gasteiger partial charge in [-0.25, -0.2) is 23.0 Å². The number of carbonyl (C=O) groups excluding carboxylic acids is 2. The third-order valence-corrected chi connectivity index (χ3v) is 6.68. The zero-order chi connectivity index (χ0) is 26.5. The third-order valence-electron chi connectivity index (χ3n) is 5.31. The molecule has 0 spiro atoms. The second-order valence-corrected chi connectivity index (χ2v) is 11.5. The number of benzene rings is 1. The molecule has 0 bridgehead atoms. The summed E-state index contributed by atoms with van der Waals surface area (Å²) in [5, 5.41) is 20.3. The molecule has 0 radical (unpaired) electrons. The lowest BCUT2D eigenvalue weighted by Gasteiger charge is -2.32. The van der Waals surface area contributed by atoms with E-state index in [4.69, 9.17) is 4.74 Å². The number of fused-ring (bicyclic) bond motifs is 1. The number of hydrogen-bond acceptors (Lipinski definition) is 7. The van der Waals surface area contributed by atoms with Crippen LogP contribution in [0.5, 0.6) is 5.75 Å². The standard InChI is InChI=1S/C21H29FN4O8S/c1-11(2)8-24(20(31)34-21(3,4)5)9-12-6-13-14(26(12)19(29)30)7-15(27)18(17(13)22)25-10-16(28)23-35(25,32)33/h7,11-12,27H,6,8-10H2,1-5H3,(H,23,28)(H,29,30)/t12-/m0/s1. The smallest absolute Gasteiger partial charge is 0.412 e. The molecule has 1 atom stereocenters. The lowest BCUT2D eigenvalue weighted by Crippen LogP contribution is -2.48. The lowest BCUT2D eigenvalue weighted by atomic mass is 10.1. The van der Waals surface area contributed by atoms with Gasteiger partial charge in [0, 0.05) is 31.1 Å². The fraction of sp³-hybridized carbons (Fsp3) is 0.571. The Hall–Kier alpha value is -3.29. The molecular weight excluding hydrogens is 487 g/mol. The van der Waals surface area contributed by atoms with Crippen LogP contribution in [0.4, 0.5) is 25.4 Å². The number of nitrogens with one attached hydrogen (secondary N) is 1. The van der Waals surface area contributed by atoms with E-state index in [1.54, 1.807) is 25.5 Å². The van der Waals surface area contributed by atoms with Crippen molar-refractivity contribution in [2.45, 2.75) is 52.7 Å². The number of phenols is 1. The molecule has 1 aromatic rings. The molecule has 14 heteroatoms. The molecule has 12 nitrogen and oxygen atoms in total. The first-order valence-electron chi connectivity index (χ1n) is 10.9. The fourth-order valence-corrected chi connectivity index (χ4v) is 5.28. The fourth-order valence-electron chi connectivity index (χ4n) is 4.12. The monoisotopic (exact) mass is 516 g/mol. The summed E-state index contributed by atoms with van der Waals surface area (Å²) in [6.45, 7) is 8.19. The zero-order valence-corrected chi connectivity index (χ0v) is 20.8. The number of halogens is 1. The SMILES string of the molecule is CC(C)CN(C[C@@H]1Cc2c(cc(O)c(N3CC(=O)NS3(=O)=O)c2F)N1C(=O)O)C(=O)OC(C)(C)C. The van der Waals surface area contributed by atoms with Crippen molar-refractivity contribution in [3.63, 3.8) is 0 Å². The molecule has 3 rings (SSSR count). The van der Waals surface area contributed by atoms with Gasteiger partial charge in [0.15, 0.2) is 5.82 Å². The summed E-state index contributed by atoms with van der Waals surface area (Å²) in [7, 11) is -4.42. The minimum absolute atomic E-state index is 0.0161. The molecule has 0 aliphatic carbocycles. The Labute approximate surface area is 202 Å². The van der Waals surface area contributed by atoms with Gasteiger partial charge in [-0.05, 0) is 26.7 Å². The number of ether oxygens (including phenoxy) is 1. The Kier molecular flexibility index (Phi) is 6.81. The van der Waals surface area contributed by atoms with E-state index in [0.29, 0.717) is 4.31 Å². The van der Waals surface area contributed by atoms with E-state index in [2.05, 4.69) is 0 Å². The van der Waals surface area contributed by atoms with Crippen molar-refractivity contribution in [2.24, 2.45) is 5.92 Å². The zero-order valence-electron chi connectivity index (χ0n) is 20.0.